The molecule has 1 amide bonds. The Morgan fingerprint density at radius 2 is 1.85 bits per heavy atom. The van der Waals surface area contributed by atoms with Gasteiger partial charge in [0.25, 0.3) is 0 Å². The van der Waals surface area contributed by atoms with Gasteiger partial charge < -0.3 is 10.4 Å². The number of phenolic OH excluding ortho intramolecular Hbond substituents is 1. The second kappa shape index (κ2) is 8.50. The molecule has 4 nitrogen and oxygen atoms in total. The molecule has 132 valence electrons. The van der Waals surface area contributed by atoms with Gasteiger partial charge in [-0.05, 0) is 41.5 Å². The summed E-state index contributed by atoms with van der Waals surface area (Å²) in [6.45, 7) is 0.435. The predicted molar refractivity (Wildman–Crippen MR) is 102 cm³/mol. The van der Waals surface area contributed by atoms with Gasteiger partial charge in [-0.3, -0.25) is 9.78 Å². The number of hydrogen-bond donors (Lipinski definition) is 2. The molecule has 1 heterocycles. The zero-order chi connectivity index (χ0) is 18.4. The van der Waals surface area contributed by atoms with Crippen molar-refractivity contribution in [1.29, 1.82) is 0 Å². The van der Waals surface area contributed by atoms with Gasteiger partial charge in [-0.15, -0.1) is 0 Å². The van der Waals surface area contributed by atoms with Crippen LogP contribution < -0.4 is 5.32 Å². The summed E-state index contributed by atoms with van der Waals surface area (Å²) in [6, 6.07) is 18.2. The largest absolute Gasteiger partial charge is 0.508 e. The molecule has 0 spiro atoms. The number of carbonyl (C=O) groups is 1. The van der Waals surface area contributed by atoms with E-state index in [9.17, 15) is 9.90 Å². The fraction of sp³-hybridized carbons (Fsp3) is 0.143. The number of aromatic nitrogens is 1. The average molecular weight is 367 g/mol. The van der Waals surface area contributed by atoms with E-state index in [0.717, 1.165) is 11.1 Å². The van der Waals surface area contributed by atoms with Gasteiger partial charge in [0.15, 0.2) is 0 Å². The number of amides is 1. The third kappa shape index (κ3) is 4.61. The first-order chi connectivity index (χ1) is 12.6. The van der Waals surface area contributed by atoms with Crippen molar-refractivity contribution in [3.8, 4) is 5.75 Å². The van der Waals surface area contributed by atoms with Gasteiger partial charge in [-0.25, -0.2) is 0 Å². The fourth-order valence-corrected chi connectivity index (χ4v) is 3.07. The van der Waals surface area contributed by atoms with Gasteiger partial charge in [-0.1, -0.05) is 41.9 Å². The van der Waals surface area contributed by atoms with Crippen LogP contribution in [0.5, 0.6) is 5.75 Å². The molecule has 0 saturated heterocycles. The zero-order valence-corrected chi connectivity index (χ0v) is 14.9. The maximum atomic E-state index is 12.5. The molecule has 0 aliphatic heterocycles. The summed E-state index contributed by atoms with van der Waals surface area (Å²) >= 11 is 6.12. The SMILES string of the molecule is O=C(C[C@@H](c1cccc(Cl)c1)c1ccccc1O)NCc1ccncc1. The lowest BCUT2D eigenvalue weighted by molar-refractivity contribution is -0.121. The van der Waals surface area contributed by atoms with Gasteiger partial charge in [-0.2, -0.15) is 0 Å². The number of nitrogens with one attached hydrogen (secondary N) is 1. The molecular formula is C21H19ClN2O2. The monoisotopic (exact) mass is 366 g/mol. The van der Waals surface area contributed by atoms with Gasteiger partial charge >= 0.3 is 0 Å². The van der Waals surface area contributed by atoms with E-state index in [2.05, 4.69) is 10.3 Å². The van der Waals surface area contributed by atoms with Crippen LogP contribution in [0.15, 0.2) is 73.1 Å². The number of hydrogen-bond acceptors (Lipinski definition) is 3. The van der Waals surface area contributed by atoms with Gasteiger partial charge in [0, 0.05) is 41.9 Å². The number of halogens is 1. The summed E-state index contributed by atoms with van der Waals surface area (Å²) in [5.74, 6) is -0.221. The smallest absolute Gasteiger partial charge is 0.221 e. The topological polar surface area (TPSA) is 62.2 Å². The Kier molecular flexibility index (Phi) is 5.87. The van der Waals surface area contributed by atoms with Crippen LogP contribution in [-0.2, 0) is 11.3 Å². The second-order valence-electron chi connectivity index (χ2n) is 6.00. The number of para-hydroxylation sites is 1. The molecule has 0 aliphatic rings. The van der Waals surface area contributed by atoms with E-state index in [1.54, 1.807) is 30.6 Å². The standard InChI is InChI=1S/C21H19ClN2O2/c22-17-5-3-4-16(12-17)19(18-6-1-2-7-20(18)25)13-21(26)24-14-15-8-10-23-11-9-15/h1-12,19,25H,13-14H2,(H,24,26)/t19-/m0/s1. The van der Waals surface area contributed by atoms with Crippen LogP contribution in [0.1, 0.15) is 29.0 Å². The van der Waals surface area contributed by atoms with E-state index >= 15 is 0 Å². The Balaban J connectivity index is 1.80. The molecule has 0 radical (unpaired) electrons. The number of nitrogens with zero attached hydrogens (tertiary/aromatic N) is 1. The normalized spacial score (nSPS) is 11.7. The minimum atomic E-state index is -0.285. The summed E-state index contributed by atoms with van der Waals surface area (Å²) in [5, 5.41) is 13.8. The van der Waals surface area contributed by atoms with Crippen molar-refractivity contribution in [2.75, 3.05) is 0 Å². The Bertz CT molecular complexity index is 884. The van der Waals surface area contributed by atoms with Crippen molar-refractivity contribution in [1.82, 2.24) is 10.3 Å². The lowest BCUT2D eigenvalue weighted by Gasteiger charge is -2.19. The summed E-state index contributed by atoms with van der Waals surface area (Å²) in [7, 11) is 0. The minimum Gasteiger partial charge on any atom is -0.508 e. The maximum absolute atomic E-state index is 12.5. The minimum absolute atomic E-state index is 0.102. The van der Waals surface area contributed by atoms with Crippen LogP contribution in [0.2, 0.25) is 5.02 Å². The van der Waals surface area contributed by atoms with Crippen LogP contribution in [0, 0.1) is 0 Å². The molecule has 0 saturated carbocycles. The first kappa shape index (κ1) is 18.0. The number of pyridine rings is 1. The number of rotatable bonds is 6. The molecule has 3 aromatic rings. The van der Waals surface area contributed by atoms with E-state index in [1.807, 2.05) is 42.5 Å². The lowest BCUT2D eigenvalue weighted by atomic mass is 9.87. The summed E-state index contributed by atoms with van der Waals surface area (Å²) < 4.78 is 0. The van der Waals surface area contributed by atoms with E-state index in [-0.39, 0.29) is 24.0 Å². The third-order valence-corrected chi connectivity index (χ3v) is 4.43. The van der Waals surface area contributed by atoms with Crippen molar-refractivity contribution in [3.63, 3.8) is 0 Å². The molecule has 2 aromatic carbocycles. The van der Waals surface area contributed by atoms with Crippen molar-refractivity contribution in [2.45, 2.75) is 18.9 Å². The lowest BCUT2D eigenvalue weighted by Crippen LogP contribution is -2.25. The van der Waals surface area contributed by atoms with Crippen molar-refractivity contribution >= 4 is 17.5 Å². The molecule has 2 N–H and O–H groups in total. The molecule has 0 aliphatic carbocycles. The van der Waals surface area contributed by atoms with Gasteiger partial charge in [0.2, 0.25) is 5.91 Å². The van der Waals surface area contributed by atoms with Crippen molar-refractivity contribution in [3.05, 3.63) is 94.8 Å². The van der Waals surface area contributed by atoms with Crippen LogP contribution in [0.4, 0.5) is 0 Å². The van der Waals surface area contributed by atoms with E-state index in [1.165, 1.54) is 0 Å². The van der Waals surface area contributed by atoms with Crippen LogP contribution in [0.25, 0.3) is 0 Å². The van der Waals surface area contributed by atoms with E-state index in [4.69, 9.17) is 11.6 Å². The molecule has 0 unspecified atom stereocenters. The highest BCUT2D eigenvalue weighted by Gasteiger charge is 2.21. The highest BCUT2D eigenvalue weighted by molar-refractivity contribution is 6.30. The third-order valence-electron chi connectivity index (χ3n) is 4.19. The number of aromatic hydroxyl groups is 1. The predicted octanol–water partition coefficient (Wildman–Crippen LogP) is 4.28. The molecule has 0 fully saturated rings. The molecule has 3 rings (SSSR count). The molecule has 1 aromatic heterocycles. The maximum Gasteiger partial charge on any atom is 0.221 e. The Morgan fingerprint density at radius 3 is 2.58 bits per heavy atom. The Labute approximate surface area is 157 Å². The molecular weight excluding hydrogens is 348 g/mol. The molecule has 0 bridgehead atoms. The van der Waals surface area contributed by atoms with Gasteiger partial charge in [0.1, 0.15) is 5.75 Å². The summed E-state index contributed by atoms with van der Waals surface area (Å²) in [5.41, 5.74) is 2.57. The van der Waals surface area contributed by atoms with Crippen LogP contribution in [-0.4, -0.2) is 16.0 Å². The summed E-state index contributed by atoms with van der Waals surface area (Å²) in [4.78, 5) is 16.5. The molecule has 26 heavy (non-hydrogen) atoms. The summed E-state index contributed by atoms with van der Waals surface area (Å²) in [6.07, 6.45) is 3.60. The number of phenols is 1. The fourth-order valence-electron chi connectivity index (χ4n) is 2.87. The zero-order valence-electron chi connectivity index (χ0n) is 14.1. The second-order valence-corrected chi connectivity index (χ2v) is 6.44. The molecule has 5 heteroatoms. The first-order valence-electron chi connectivity index (χ1n) is 8.32. The highest BCUT2D eigenvalue weighted by Crippen LogP contribution is 2.34. The highest BCUT2D eigenvalue weighted by atomic mass is 35.5. The first-order valence-corrected chi connectivity index (χ1v) is 8.70. The Morgan fingerprint density at radius 1 is 1.08 bits per heavy atom. The van der Waals surface area contributed by atoms with E-state index < -0.39 is 0 Å². The van der Waals surface area contributed by atoms with Crippen LogP contribution in [0.3, 0.4) is 0 Å². The van der Waals surface area contributed by atoms with Crippen LogP contribution >= 0.6 is 11.6 Å². The van der Waals surface area contributed by atoms with Gasteiger partial charge in [0.05, 0.1) is 0 Å². The average Bonchev–Trinajstić information content (AvgIpc) is 2.66. The Hall–Kier alpha value is -2.85. The van der Waals surface area contributed by atoms with Crippen molar-refractivity contribution in [2.24, 2.45) is 0 Å². The quantitative estimate of drug-likeness (QED) is 0.684. The number of benzene rings is 2. The van der Waals surface area contributed by atoms with E-state index in [0.29, 0.717) is 17.1 Å². The number of carbonyl (C=O) groups excluding carboxylic acids is 1. The van der Waals surface area contributed by atoms with Crippen molar-refractivity contribution < 1.29 is 9.90 Å². The molecule has 1 atom stereocenters.